The molecule has 0 unspecified atom stereocenters. The van der Waals surface area contributed by atoms with E-state index in [1.807, 2.05) is 13.0 Å². The molecule has 0 aliphatic carbocycles. The van der Waals surface area contributed by atoms with Gasteiger partial charge < -0.3 is 19.7 Å². The van der Waals surface area contributed by atoms with Crippen molar-refractivity contribution < 1.29 is 14.3 Å². The number of nitrogens with one attached hydrogen (secondary N) is 1. The van der Waals surface area contributed by atoms with E-state index < -0.39 is 0 Å². The molecule has 1 N–H and O–H groups in total. The molecular formula is C24H32ClN3O3. The molecule has 1 fully saturated rings. The summed E-state index contributed by atoms with van der Waals surface area (Å²) in [6.45, 7) is 8.28. The van der Waals surface area contributed by atoms with Gasteiger partial charge in [0.25, 0.3) is 5.91 Å². The number of carbonyl (C=O) groups excluding carboxylic acids is 1. The van der Waals surface area contributed by atoms with Crippen molar-refractivity contribution in [2.75, 3.05) is 57.9 Å². The molecule has 168 valence electrons. The molecule has 1 saturated heterocycles. The molecular weight excluding hydrogens is 414 g/mol. The Balaban J connectivity index is 1.42. The van der Waals surface area contributed by atoms with Crippen molar-refractivity contribution in [3.05, 3.63) is 53.1 Å². The molecule has 0 atom stereocenters. The number of ether oxygens (including phenoxy) is 2. The molecule has 0 aromatic heterocycles. The van der Waals surface area contributed by atoms with Crippen molar-refractivity contribution in [3.63, 3.8) is 0 Å². The summed E-state index contributed by atoms with van der Waals surface area (Å²) in [4.78, 5) is 17.4. The van der Waals surface area contributed by atoms with Crippen LogP contribution in [0.15, 0.2) is 42.5 Å². The number of hydrogen-bond donors (Lipinski definition) is 1. The van der Waals surface area contributed by atoms with Crippen molar-refractivity contribution in [2.24, 2.45) is 0 Å². The molecule has 31 heavy (non-hydrogen) atoms. The maximum absolute atomic E-state index is 12.6. The minimum atomic E-state index is -0.156. The van der Waals surface area contributed by atoms with Crippen molar-refractivity contribution >= 4 is 23.2 Å². The van der Waals surface area contributed by atoms with Gasteiger partial charge in [-0.3, -0.25) is 9.69 Å². The highest BCUT2D eigenvalue weighted by molar-refractivity contribution is 6.32. The van der Waals surface area contributed by atoms with Crippen LogP contribution in [0.1, 0.15) is 30.1 Å². The van der Waals surface area contributed by atoms with E-state index in [1.165, 1.54) is 5.69 Å². The zero-order chi connectivity index (χ0) is 22.1. The molecule has 6 nitrogen and oxygen atoms in total. The topological polar surface area (TPSA) is 54.0 Å². The quantitative estimate of drug-likeness (QED) is 0.558. The fourth-order valence-electron chi connectivity index (χ4n) is 3.67. The minimum Gasteiger partial charge on any atom is -0.493 e. The average molecular weight is 446 g/mol. The van der Waals surface area contributed by atoms with E-state index in [0.29, 0.717) is 35.2 Å². The third-order valence-corrected chi connectivity index (χ3v) is 5.65. The Morgan fingerprint density at radius 2 is 1.87 bits per heavy atom. The first-order chi connectivity index (χ1) is 15.1. The first-order valence-corrected chi connectivity index (χ1v) is 11.3. The maximum Gasteiger partial charge on any atom is 0.251 e. The van der Waals surface area contributed by atoms with Crippen LogP contribution < -0.4 is 19.7 Å². The molecule has 2 aromatic carbocycles. The number of para-hydroxylation sites is 1. The van der Waals surface area contributed by atoms with E-state index in [2.05, 4.69) is 39.4 Å². The van der Waals surface area contributed by atoms with E-state index in [4.69, 9.17) is 21.1 Å². The van der Waals surface area contributed by atoms with Gasteiger partial charge in [0.1, 0.15) is 0 Å². The molecule has 3 rings (SSSR count). The van der Waals surface area contributed by atoms with Gasteiger partial charge >= 0.3 is 0 Å². The SMILES string of the molecule is CCCOc1c(Cl)cc(C(=O)NCCCN2CCN(c3ccccc3)CC2)cc1OC. The number of piperazine rings is 1. The fourth-order valence-corrected chi connectivity index (χ4v) is 3.94. The molecule has 0 bridgehead atoms. The monoisotopic (exact) mass is 445 g/mol. The molecule has 1 aliphatic heterocycles. The van der Waals surface area contributed by atoms with Crippen molar-refractivity contribution in [1.29, 1.82) is 0 Å². The summed E-state index contributed by atoms with van der Waals surface area (Å²) in [5, 5.41) is 3.37. The third-order valence-electron chi connectivity index (χ3n) is 5.37. The number of carbonyl (C=O) groups is 1. The van der Waals surface area contributed by atoms with Gasteiger partial charge in [-0.2, -0.15) is 0 Å². The lowest BCUT2D eigenvalue weighted by atomic mass is 10.2. The number of benzene rings is 2. The molecule has 0 saturated carbocycles. The van der Waals surface area contributed by atoms with Gasteiger partial charge in [0, 0.05) is 44.0 Å². The van der Waals surface area contributed by atoms with E-state index in [1.54, 1.807) is 19.2 Å². The summed E-state index contributed by atoms with van der Waals surface area (Å²) in [5.41, 5.74) is 1.76. The normalized spacial score (nSPS) is 14.4. The highest BCUT2D eigenvalue weighted by Gasteiger charge is 2.18. The second-order valence-corrected chi connectivity index (χ2v) is 8.02. The Kier molecular flexibility index (Phi) is 8.85. The highest BCUT2D eigenvalue weighted by atomic mass is 35.5. The van der Waals surface area contributed by atoms with Crippen molar-refractivity contribution in [3.8, 4) is 11.5 Å². The number of nitrogens with zero attached hydrogens (tertiary/aromatic N) is 2. The van der Waals surface area contributed by atoms with Crippen LogP contribution in [0.2, 0.25) is 5.02 Å². The van der Waals surface area contributed by atoms with Crippen LogP contribution in [-0.2, 0) is 0 Å². The standard InChI is InChI=1S/C24H32ClN3O3/c1-3-16-31-23-21(25)17-19(18-22(23)30-2)24(29)26-10-7-11-27-12-14-28(15-13-27)20-8-5-4-6-9-20/h4-6,8-9,17-18H,3,7,10-16H2,1-2H3,(H,26,29). The van der Waals surface area contributed by atoms with Crippen LogP contribution in [-0.4, -0.2) is 63.8 Å². The summed E-state index contributed by atoms with van der Waals surface area (Å²) in [6.07, 6.45) is 1.77. The molecule has 2 aromatic rings. The van der Waals surface area contributed by atoms with Gasteiger partial charge in [0.05, 0.1) is 18.7 Å². The lowest BCUT2D eigenvalue weighted by molar-refractivity contribution is 0.0951. The summed E-state index contributed by atoms with van der Waals surface area (Å²) in [6, 6.07) is 13.8. The van der Waals surface area contributed by atoms with Crippen LogP contribution in [0, 0.1) is 0 Å². The van der Waals surface area contributed by atoms with Crippen LogP contribution in [0.3, 0.4) is 0 Å². The summed E-state index contributed by atoms with van der Waals surface area (Å²) in [7, 11) is 1.55. The Bertz CT molecular complexity index is 839. The van der Waals surface area contributed by atoms with Gasteiger partial charge in [-0.05, 0) is 43.7 Å². The first-order valence-electron chi connectivity index (χ1n) is 10.9. The lowest BCUT2D eigenvalue weighted by Gasteiger charge is -2.36. The number of halogens is 1. The maximum atomic E-state index is 12.6. The molecule has 1 aliphatic rings. The number of amides is 1. The van der Waals surface area contributed by atoms with Gasteiger partial charge in [0.2, 0.25) is 0 Å². The molecule has 0 spiro atoms. The Morgan fingerprint density at radius 3 is 2.55 bits per heavy atom. The summed E-state index contributed by atoms with van der Waals surface area (Å²) < 4.78 is 11.0. The second kappa shape index (κ2) is 11.8. The fraction of sp³-hybridized carbons (Fsp3) is 0.458. The molecule has 1 amide bonds. The van der Waals surface area contributed by atoms with E-state index >= 15 is 0 Å². The first kappa shape index (κ1) is 23.2. The van der Waals surface area contributed by atoms with Crippen LogP contribution in [0.5, 0.6) is 11.5 Å². The number of anilines is 1. The zero-order valence-corrected chi connectivity index (χ0v) is 19.2. The predicted octanol–water partition coefficient (Wildman–Crippen LogP) is 4.08. The minimum absolute atomic E-state index is 0.156. The number of methoxy groups -OCH3 is 1. The molecule has 1 heterocycles. The summed E-state index contributed by atoms with van der Waals surface area (Å²) >= 11 is 6.32. The van der Waals surface area contributed by atoms with Gasteiger partial charge in [-0.15, -0.1) is 0 Å². The zero-order valence-electron chi connectivity index (χ0n) is 18.4. The van der Waals surface area contributed by atoms with Gasteiger partial charge in [-0.1, -0.05) is 36.7 Å². The predicted molar refractivity (Wildman–Crippen MR) is 126 cm³/mol. The van der Waals surface area contributed by atoms with Crippen molar-refractivity contribution in [2.45, 2.75) is 19.8 Å². The Labute approximate surface area is 190 Å². The Morgan fingerprint density at radius 1 is 1.13 bits per heavy atom. The molecule has 0 radical (unpaired) electrons. The second-order valence-electron chi connectivity index (χ2n) is 7.61. The lowest BCUT2D eigenvalue weighted by Crippen LogP contribution is -2.47. The van der Waals surface area contributed by atoms with Crippen molar-refractivity contribution in [1.82, 2.24) is 10.2 Å². The van der Waals surface area contributed by atoms with Crippen LogP contribution in [0.4, 0.5) is 5.69 Å². The Hall–Kier alpha value is -2.44. The number of hydrogen-bond acceptors (Lipinski definition) is 5. The average Bonchev–Trinajstić information content (AvgIpc) is 2.81. The number of rotatable bonds is 10. The van der Waals surface area contributed by atoms with Crippen LogP contribution in [0.25, 0.3) is 0 Å². The van der Waals surface area contributed by atoms with Crippen LogP contribution >= 0.6 is 11.6 Å². The molecule has 7 heteroatoms. The smallest absolute Gasteiger partial charge is 0.251 e. The van der Waals surface area contributed by atoms with E-state index in [9.17, 15) is 4.79 Å². The third kappa shape index (κ3) is 6.52. The largest absolute Gasteiger partial charge is 0.493 e. The van der Waals surface area contributed by atoms with E-state index in [-0.39, 0.29) is 5.91 Å². The summed E-state index contributed by atoms with van der Waals surface area (Å²) in [5.74, 6) is 0.802. The van der Waals surface area contributed by atoms with Gasteiger partial charge in [-0.25, -0.2) is 0 Å². The van der Waals surface area contributed by atoms with Gasteiger partial charge in [0.15, 0.2) is 11.5 Å². The van der Waals surface area contributed by atoms with E-state index in [0.717, 1.165) is 45.6 Å². The highest BCUT2D eigenvalue weighted by Crippen LogP contribution is 2.36.